The lowest BCUT2D eigenvalue weighted by Crippen LogP contribution is -2.62. The van der Waals surface area contributed by atoms with E-state index in [0.717, 1.165) is 0 Å². The van der Waals surface area contributed by atoms with Gasteiger partial charge < -0.3 is 24.3 Å². The van der Waals surface area contributed by atoms with Crippen LogP contribution in [0.25, 0.3) is 0 Å². The highest BCUT2D eigenvalue weighted by Gasteiger charge is 2.50. The van der Waals surface area contributed by atoms with Crippen molar-refractivity contribution in [3.63, 3.8) is 0 Å². The molecule has 0 atom stereocenters. The number of esters is 2. The summed E-state index contributed by atoms with van der Waals surface area (Å²) in [6.45, 7) is 4.49. The lowest BCUT2D eigenvalue weighted by Gasteiger charge is -2.30. The molecule has 0 radical (unpaired) electrons. The van der Waals surface area contributed by atoms with Crippen LogP contribution in [0.1, 0.15) is 26.3 Å². The lowest BCUT2D eigenvalue weighted by atomic mass is 9.89. The van der Waals surface area contributed by atoms with Gasteiger partial charge in [-0.3, -0.25) is 4.79 Å². The average Bonchev–Trinajstić information content (AvgIpc) is 2.60. The van der Waals surface area contributed by atoms with Crippen LogP contribution in [0.15, 0.2) is 18.2 Å². The van der Waals surface area contributed by atoms with E-state index in [9.17, 15) is 14.4 Å². The number of carbonyl (C=O) groups excluding carboxylic acids is 3. The first-order chi connectivity index (χ1) is 12.3. The molecule has 8 nitrogen and oxygen atoms in total. The fraction of sp³-hybridized carbons (Fsp3) is 0.500. The van der Waals surface area contributed by atoms with Crippen LogP contribution < -0.4 is 14.8 Å². The Morgan fingerprint density at radius 1 is 1.00 bits per heavy atom. The molecule has 0 aromatic heterocycles. The van der Waals surface area contributed by atoms with Crippen molar-refractivity contribution < 1.29 is 33.3 Å². The zero-order chi connectivity index (χ0) is 19.7. The van der Waals surface area contributed by atoms with E-state index in [2.05, 4.69) is 5.32 Å². The van der Waals surface area contributed by atoms with Crippen molar-refractivity contribution in [2.24, 2.45) is 0 Å². The molecule has 0 bridgehead atoms. The summed E-state index contributed by atoms with van der Waals surface area (Å²) in [4.78, 5) is 37.1. The van der Waals surface area contributed by atoms with Crippen LogP contribution in [0.5, 0.6) is 11.5 Å². The maximum atomic E-state index is 12.7. The van der Waals surface area contributed by atoms with Gasteiger partial charge in [0.05, 0.1) is 27.4 Å². The van der Waals surface area contributed by atoms with Gasteiger partial charge in [-0.2, -0.15) is 0 Å². The number of carbonyl (C=O) groups is 3. The Hall–Kier alpha value is -2.77. The third kappa shape index (κ3) is 4.87. The summed E-state index contributed by atoms with van der Waals surface area (Å²) in [5.74, 6) is -1.45. The number of nitrogens with one attached hydrogen (secondary N) is 1. The van der Waals surface area contributed by atoms with E-state index < -0.39 is 23.4 Å². The molecule has 0 aliphatic heterocycles. The van der Waals surface area contributed by atoms with E-state index in [1.54, 1.807) is 32.0 Å². The van der Waals surface area contributed by atoms with Crippen LogP contribution in [-0.4, -0.2) is 50.8 Å². The first-order valence-electron chi connectivity index (χ1n) is 8.18. The van der Waals surface area contributed by atoms with Crippen molar-refractivity contribution in [1.82, 2.24) is 5.32 Å². The van der Waals surface area contributed by atoms with Gasteiger partial charge in [0.2, 0.25) is 11.4 Å². The third-order valence-electron chi connectivity index (χ3n) is 3.58. The molecule has 0 saturated carbocycles. The third-order valence-corrected chi connectivity index (χ3v) is 3.58. The van der Waals surface area contributed by atoms with Gasteiger partial charge in [0, 0.05) is 18.9 Å². The Bertz CT molecular complexity index is 639. The van der Waals surface area contributed by atoms with E-state index in [1.165, 1.54) is 21.1 Å². The maximum Gasteiger partial charge on any atom is 0.344 e. The molecule has 1 amide bonds. The molecule has 26 heavy (non-hydrogen) atoms. The summed E-state index contributed by atoms with van der Waals surface area (Å²) in [6, 6.07) is 4.94. The van der Waals surface area contributed by atoms with Gasteiger partial charge >= 0.3 is 11.9 Å². The van der Waals surface area contributed by atoms with Crippen molar-refractivity contribution in [2.75, 3.05) is 27.4 Å². The summed E-state index contributed by atoms with van der Waals surface area (Å²) < 4.78 is 20.6. The smallest absolute Gasteiger partial charge is 0.344 e. The summed E-state index contributed by atoms with van der Waals surface area (Å²) in [5.41, 5.74) is -1.56. The van der Waals surface area contributed by atoms with Crippen LogP contribution in [0.4, 0.5) is 0 Å². The molecule has 8 heteroatoms. The number of benzene rings is 1. The molecule has 1 rings (SSSR count). The van der Waals surface area contributed by atoms with Crippen molar-refractivity contribution >= 4 is 17.8 Å². The number of rotatable bonds is 9. The SMILES string of the molecule is CCOC(=O)C(Cc1cc(OC)ccc1OC)(NC(C)=O)C(=O)OCC. The second-order valence-corrected chi connectivity index (χ2v) is 5.38. The molecule has 1 aromatic carbocycles. The predicted octanol–water partition coefficient (Wildman–Crippen LogP) is 1.25. The fourth-order valence-electron chi connectivity index (χ4n) is 2.49. The molecular formula is C18H25NO7. The molecule has 1 aromatic rings. The van der Waals surface area contributed by atoms with E-state index in [0.29, 0.717) is 17.1 Å². The van der Waals surface area contributed by atoms with Crippen molar-refractivity contribution in [3.05, 3.63) is 23.8 Å². The highest BCUT2D eigenvalue weighted by atomic mass is 16.6. The van der Waals surface area contributed by atoms with Gasteiger partial charge in [-0.25, -0.2) is 9.59 Å². The summed E-state index contributed by atoms with van der Waals surface area (Å²) in [7, 11) is 2.95. The summed E-state index contributed by atoms with van der Waals surface area (Å²) in [6.07, 6.45) is -0.218. The average molecular weight is 367 g/mol. The molecular weight excluding hydrogens is 342 g/mol. The molecule has 0 saturated heterocycles. The van der Waals surface area contributed by atoms with Crippen molar-refractivity contribution in [3.8, 4) is 11.5 Å². The second kappa shape index (κ2) is 9.65. The molecule has 0 fully saturated rings. The largest absolute Gasteiger partial charge is 0.497 e. The van der Waals surface area contributed by atoms with Crippen molar-refractivity contribution in [1.29, 1.82) is 0 Å². The molecule has 144 valence electrons. The van der Waals surface area contributed by atoms with E-state index in [1.807, 2.05) is 0 Å². The zero-order valence-corrected chi connectivity index (χ0v) is 15.7. The molecule has 1 N–H and O–H groups in total. The first-order valence-corrected chi connectivity index (χ1v) is 8.18. The topological polar surface area (TPSA) is 100 Å². The second-order valence-electron chi connectivity index (χ2n) is 5.38. The maximum absolute atomic E-state index is 12.7. The van der Waals surface area contributed by atoms with E-state index in [-0.39, 0.29) is 19.6 Å². The van der Waals surface area contributed by atoms with Gasteiger partial charge in [-0.15, -0.1) is 0 Å². The molecule has 0 unspecified atom stereocenters. The Balaban J connectivity index is 3.49. The minimum absolute atomic E-state index is 0.0365. The summed E-state index contributed by atoms with van der Waals surface area (Å²) >= 11 is 0. The standard InChI is InChI=1S/C18H25NO7/c1-6-25-16(21)18(19-12(3)20,17(22)26-7-2)11-13-10-14(23-4)8-9-15(13)24-5/h8-10H,6-7,11H2,1-5H3,(H,19,20). The van der Waals surface area contributed by atoms with Crippen molar-refractivity contribution in [2.45, 2.75) is 32.7 Å². The number of hydrogen-bond acceptors (Lipinski definition) is 7. The highest BCUT2D eigenvalue weighted by molar-refractivity contribution is 6.08. The molecule has 0 aliphatic carbocycles. The molecule has 0 aliphatic rings. The van der Waals surface area contributed by atoms with Crippen LogP contribution in [0.3, 0.4) is 0 Å². The zero-order valence-electron chi connectivity index (χ0n) is 15.7. The first kappa shape index (κ1) is 21.3. The minimum Gasteiger partial charge on any atom is -0.497 e. The fourth-order valence-corrected chi connectivity index (χ4v) is 2.49. The highest BCUT2D eigenvalue weighted by Crippen LogP contribution is 2.29. The van der Waals surface area contributed by atoms with Gasteiger partial charge in [-0.05, 0) is 32.0 Å². The predicted molar refractivity (Wildman–Crippen MR) is 93.1 cm³/mol. The van der Waals surface area contributed by atoms with E-state index >= 15 is 0 Å². The number of methoxy groups -OCH3 is 2. The van der Waals surface area contributed by atoms with Gasteiger partial charge in [0.15, 0.2) is 0 Å². The van der Waals surface area contributed by atoms with E-state index in [4.69, 9.17) is 18.9 Å². The monoisotopic (exact) mass is 367 g/mol. The van der Waals surface area contributed by atoms with Crippen LogP contribution in [0.2, 0.25) is 0 Å². The normalized spacial score (nSPS) is 10.7. The minimum atomic E-state index is -2.03. The van der Waals surface area contributed by atoms with Gasteiger partial charge in [0.25, 0.3) is 0 Å². The Morgan fingerprint density at radius 2 is 1.58 bits per heavy atom. The summed E-state index contributed by atoms with van der Waals surface area (Å²) in [5, 5.41) is 2.42. The Labute approximate surface area is 152 Å². The Kier molecular flexibility index (Phi) is 7.89. The van der Waals surface area contributed by atoms with Gasteiger partial charge in [-0.1, -0.05) is 0 Å². The molecule has 0 heterocycles. The van der Waals surface area contributed by atoms with Crippen LogP contribution >= 0.6 is 0 Å². The molecule has 0 spiro atoms. The quantitative estimate of drug-likeness (QED) is 0.518. The Morgan fingerprint density at radius 3 is 2.00 bits per heavy atom. The number of amides is 1. The van der Waals surface area contributed by atoms with Crippen LogP contribution in [0, 0.1) is 0 Å². The number of hydrogen-bond donors (Lipinski definition) is 1. The number of ether oxygens (including phenoxy) is 4. The lowest BCUT2D eigenvalue weighted by molar-refractivity contribution is -0.168. The van der Waals surface area contributed by atoms with Gasteiger partial charge in [0.1, 0.15) is 11.5 Å². The van der Waals surface area contributed by atoms with Crippen LogP contribution in [-0.2, 0) is 30.3 Å².